The van der Waals surface area contributed by atoms with Gasteiger partial charge in [-0.2, -0.15) is 0 Å². The van der Waals surface area contributed by atoms with E-state index in [1.54, 1.807) is 7.11 Å². The number of fused-ring (bicyclic) bond motifs is 1. The quantitative estimate of drug-likeness (QED) is 0.847. The summed E-state index contributed by atoms with van der Waals surface area (Å²) in [6.45, 7) is 5.40. The van der Waals surface area contributed by atoms with Gasteiger partial charge in [-0.25, -0.2) is 0 Å². The molecule has 1 amide bonds. The Morgan fingerprint density at radius 2 is 1.91 bits per heavy atom. The van der Waals surface area contributed by atoms with Crippen molar-refractivity contribution in [1.29, 1.82) is 0 Å². The lowest BCUT2D eigenvalue weighted by atomic mass is 10.1. The number of hydrogen-bond acceptors (Lipinski definition) is 2. The van der Waals surface area contributed by atoms with Crippen LogP contribution < -0.4 is 15.0 Å². The summed E-state index contributed by atoms with van der Waals surface area (Å²) in [7, 11) is 3.73. The summed E-state index contributed by atoms with van der Waals surface area (Å²) < 4.78 is 5.25. The molecule has 22 heavy (non-hydrogen) atoms. The first-order valence-electron chi connectivity index (χ1n) is 7.72. The molecule has 0 saturated heterocycles. The maximum absolute atomic E-state index is 11.9. The first kappa shape index (κ1) is 16.3. The van der Waals surface area contributed by atoms with Crippen LogP contribution in [-0.4, -0.2) is 32.7 Å². The van der Waals surface area contributed by atoms with Gasteiger partial charge in [-0.1, -0.05) is 18.2 Å². The Morgan fingerprint density at radius 3 is 2.59 bits per heavy atom. The lowest BCUT2D eigenvalue weighted by Gasteiger charge is -2.21. The Morgan fingerprint density at radius 1 is 1.23 bits per heavy atom. The molecule has 0 bridgehead atoms. The van der Waals surface area contributed by atoms with Crippen molar-refractivity contribution in [3.05, 3.63) is 42.0 Å². The molecule has 2 rings (SSSR count). The minimum absolute atomic E-state index is 0.0634. The molecule has 0 aliphatic heterocycles. The number of benzene rings is 2. The number of rotatable bonds is 6. The summed E-state index contributed by atoms with van der Waals surface area (Å²) in [6, 6.07) is 12.4. The van der Waals surface area contributed by atoms with E-state index in [4.69, 9.17) is 4.74 Å². The third-order valence-electron chi connectivity index (χ3n) is 4.08. The lowest BCUT2D eigenvalue weighted by Crippen LogP contribution is -3.12. The van der Waals surface area contributed by atoms with Gasteiger partial charge in [0.2, 0.25) is 0 Å². The van der Waals surface area contributed by atoms with Crippen LogP contribution >= 0.6 is 0 Å². The van der Waals surface area contributed by atoms with Crippen LogP contribution in [0, 0.1) is 0 Å². The van der Waals surface area contributed by atoms with Crippen LogP contribution in [0.25, 0.3) is 10.8 Å². The maximum Gasteiger partial charge on any atom is 0.278 e. The highest BCUT2D eigenvalue weighted by Gasteiger charge is 2.21. The summed E-state index contributed by atoms with van der Waals surface area (Å²) in [6.07, 6.45) is 0. The molecule has 0 spiro atoms. The third kappa shape index (κ3) is 3.77. The van der Waals surface area contributed by atoms with Gasteiger partial charge in [0.05, 0.1) is 14.2 Å². The molecule has 2 N–H and O–H groups in total. The average molecular weight is 301 g/mol. The van der Waals surface area contributed by atoms with Crippen LogP contribution in [0.1, 0.15) is 19.4 Å². The maximum atomic E-state index is 11.9. The molecule has 2 atom stereocenters. The smallest absolute Gasteiger partial charge is 0.278 e. The zero-order chi connectivity index (χ0) is 16.1. The molecule has 1 unspecified atom stereocenters. The Kier molecular flexibility index (Phi) is 5.39. The van der Waals surface area contributed by atoms with Gasteiger partial charge in [0, 0.05) is 12.1 Å². The van der Waals surface area contributed by atoms with Crippen molar-refractivity contribution < 1.29 is 14.4 Å². The van der Waals surface area contributed by atoms with E-state index < -0.39 is 0 Å². The van der Waals surface area contributed by atoms with Gasteiger partial charge in [0.15, 0.2) is 6.04 Å². The van der Waals surface area contributed by atoms with Gasteiger partial charge < -0.3 is 15.0 Å². The van der Waals surface area contributed by atoms with E-state index >= 15 is 0 Å². The summed E-state index contributed by atoms with van der Waals surface area (Å²) in [5.41, 5.74) is 1.23. The molecule has 118 valence electrons. The second-order valence-corrected chi connectivity index (χ2v) is 5.69. The van der Waals surface area contributed by atoms with Crippen LogP contribution in [0.5, 0.6) is 5.75 Å². The number of carbonyl (C=O) groups excluding carboxylic acids is 1. The van der Waals surface area contributed by atoms with Crippen LogP contribution in [0.2, 0.25) is 0 Å². The van der Waals surface area contributed by atoms with Gasteiger partial charge in [0.25, 0.3) is 5.91 Å². The minimum atomic E-state index is -0.0634. The number of hydrogen-bond donors (Lipinski definition) is 2. The minimum Gasteiger partial charge on any atom is -0.497 e. The Labute approximate surface area is 132 Å². The van der Waals surface area contributed by atoms with Crippen molar-refractivity contribution in [2.45, 2.75) is 26.4 Å². The Balaban J connectivity index is 2.12. The molecule has 0 aliphatic rings. The predicted octanol–water partition coefficient (Wildman–Crippen LogP) is 1.39. The lowest BCUT2D eigenvalue weighted by molar-refractivity contribution is -0.908. The van der Waals surface area contributed by atoms with Crippen LogP contribution in [0.4, 0.5) is 0 Å². The number of ether oxygens (including phenoxy) is 1. The predicted molar refractivity (Wildman–Crippen MR) is 89.2 cm³/mol. The fourth-order valence-electron chi connectivity index (χ4n) is 2.54. The molecule has 0 saturated carbocycles. The highest BCUT2D eigenvalue weighted by Crippen LogP contribution is 2.21. The van der Waals surface area contributed by atoms with E-state index in [0.29, 0.717) is 6.54 Å². The molecule has 4 heteroatoms. The first-order chi connectivity index (χ1) is 10.5. The van der Waals surface area contributed by atoms with Gasteiger partial charge in [-0.05, 0) is 42.8 Å². The van der Waals surface area contributed by atoms with Crippen LogP contribution in [-0.2, 0) is 11.3 Å². The summed E-state index contributed by atoms with van der Waals surface area (Å²) in [5.74, 6) is 0.971. The SMILES string of the molecule is CCNC(=O)[C@H](C)[NH+](C)Cc1ccc2cc(OC)ccc2c1. The largest absolute Gasteiger partial charge is 0.497 e. The van der Waals surface area contributed by atoms with Gasteiger partial charge in [-0.15, -0.1) is 0 Å². The van der Waals surface area contributed by atoms with Crippen molar-refractivity contribution in [1.82, 2.24) is 5.32 Å². The summed E-state index contributed by atoms with van der Waals surface area (Å²) in [5, 5.41) is 5.24. The number of methoxy groups -OCH3 is 1. The molecular weight excluding hydrogens is 276 g/mol. The molecule has 0 heterocycles. The highest BCUT2D eigenvalue weighted by molar-refractivity contribution is 5.84. The fraction of sp³-hybridized carbons (Fsp3) is 0.389. The molecular formula is C18H25N2O2+. The van der Waals surface area contributed by atoms with Gasteiger partial charge in [-0.3, -0.25) is 4.79 Å². The highest BCUT2D eigenvalue weighted by atomic mass is 16.5. The number of nitrogens with one attached hydrogen (secondary N) is 2. The monoisotopic (exact) mass is 301 g/mol. The second-order valence-electron chi connectivity index (χ2n) is 5.69. The van der Waals surface area contributed by atoms with E-state index in [9.17, 15) is 4.79 Å². The van der Waals surface area contributed by atoms with Crippen molar-refractivity contribution in [2.75, 3.05) is 20.7 Å². The first-order valence-corrected chi connectivity index (χ1v) is 7.72. The zero-order valence-corrected chi connectivity index (χ0v) is 13.8. The number of carbonyl (C=O) groups is 1. The van der Waals surface area contributed by atoms with E-state index in [1.165, 1.54) is 15.8 Å². The van der Waals surface area contributed by atoms with Crippen LogP contribution in [0.15, 0.2) is 36.4 Å². The number of likely N-dealkylation sites (N-methyl/N-ethyl adjacent to an activating group) is 2. The molecule has 2 aromatic carbocycles. The Hall–Kier alpha value is -2.07. The molecule has 0 aromatic heterocycles. The normalized spacial score (nSPS) is 13.6. The van der Waals surface area contributed by atoms with Gasteiger partial charge >= 0.3 is 0 Å². The van der Waals surface area contributed by atoms with Crippen molar-refractivity contribution >= 4 is 16.7 Å². The van der Waals surface area contributed by atoms with E-state index in [2.05, 4.69) is 36.6 Å². The van der Waals surface area contributed by atoms with Gasteiger partial charge in [0.1, 0.15) is 12.3 Å². The molecule has 4 nitrogen and oxygen atoms in total. The number of quaternary nitrogens is 1. The fourth-order valence-corrected chi connectivity index (χ4v) is 2.54. The summed E-state index contributed by atoms with van der Waals surface area (Å²) >= 11 is 0. The van der Waals surface area contributed by atoms with E-state index in [-0.39, 0.29) is 11.9 Å². The topological polar surface area (TPSA) is 42.8 Å². The standard InChI is InChI=1S/C18H24N2O2/c1-5-19-18(21)13(2)20(3)12-14-6-7-16-11-17(22-4)9-8-15(16)10-14/h6-11,13H,5,12H2,1-4H3,(H,19,21)/p+1/t13-/m0/s1. The van der Waals surface area contributed by atoms with Crippen molar-refractivity contribution in [2.24, 2.45) is 0 Å². The molecule has 0 fully saturated rings. The average Bonchev–Trinajstić information content (AvgIpc) is 2.53. The van der Waals surface area contributed by atoms with E-state index in [0.717, 1.165) is 17.7 Å². The van der Waals surface area contributed by atoms with Crippen LogP contribution in [0.3, 0.4) is 0 Å². The van der Waals surface area contributed by atoms with Crippen molar-refractivity contribution in [3.8, 4) is 5.75 Å². The van der Waals surface area contributed by atoms with E-state index in [1.807, 2.05) is 26.0 Å². The molecule has 0 radical (unpaired) electrons. The number of amides is 1. The molecule has 2 aromatic rings. The second kappa shape index (κ2) is 7.27. The summed E-state index contributed by atoms with van der Waals surface area (Å²) in [4.78, 5) is 13.1. The third-order valence-corrected chi connectivity index (χ3v) is 4.08. The Bertz CT molecular complexity index is 655. The van der Waals surface area contributed by atoms with Crippen molar-refractivity contribution in [3.63, 3.8) is 0 Å². The zero-order valence-electron chi connectivity index (χ0n) is 13.8. The molecule has 0 aliphatic carbocycles.